The highest BCUT2D eigenvalue weighted by atomic mass is 16.5. The Bertz CT molecular complexity index is 299. The predicted molar refractivity (Wildman–Crippen MR) is 98.3 cm³/mol. The van der Waals surface area contributed by atoms with Crippen LogP contribution in [-0.2, 0) is 4.74 Å². The maximum Gasteiger partial charge on any atom is 0.191 e. The smallest absolute Gasteiger partial charge is 0.191 e. The van der Waals surface area contributed by atoms with Gasteiger partial charge in [0.15, 0.2) is 5.96 Å². The van der Waals surface area contributed by atoms with Crippen LogP contribution < -0.4 is 10.6 Å². The van der Waals surface area contributed by atoms with Crippen LogP contribution in [0.1, 0.15) is 33.1 Å². The molecule has 0 spiro atoms. The summed E-state index contributed by atoms with van der Waals surface area (Å²) in [4.78, 5) is 9.28. The summed E-state index contributed by atoms with van der Waals surface area (Å²) >= 11 is 0. The number of nitrogens with zero attached hydrogens (tertiary/aromatic N) is 3. The van der Waals surface area contributed by atoms with Crippen molar-refractivity contribution in [1.29, 1.82) is 0 Å². The third-order valence-corrected chi connectivity index (χ3v) is 4.07. The zero-order valence-corrected chi connectivity index (χ0v) is 15.4. The minimum atomic E-state index is 0.860. The van der Waals surface area contributed by atoms with E-state index in [4.69, 9.17) is 4.74 Å². The lowest BCUT2D eigenvalue weighted by atomic mass is 10.3. The SMILES string of the molecule is CCCN(CCC)CCCNC(=NC)NCCN1CCOCC1. The van der Waals surface area contributed by atoms with Crippen LogP contribution in [0, 0.1) is 0 Å². The molecule has 136 valence electrons. The van der Waals surface area contributed by atoms with E-state index in [1.54, 1.807) is 0 Å². The van der Waals surface area contributed by atoms with Crippen LogP contribution in [0.15, 0.2) is 4.99 Å². The van der Waals surface area contributed by atoms with E-state index < -0.39 is 0 Å². The van der Waals surface area contributed by atoms with E-state index in [1.165, 1.54) is 32.5 Å². The molecule has 0 atom stereocenters. The van der Waals surface area contributed by atoms with Crippen LogP contribution in [0.2, 0.25) is 0 Å². The molecule has 0 aliphatic carbocycles. The summed E-state index contributed by atoms with van der Waals surface area (Å²) in [6.07, 6.45) is 3.63. The molecule has 0 saturated carbocycles. The van der Waals surface area contributed by atoms with E-state index in [2.05, 4.69) is 39.3 Å². The van der Waals surface area contributed by atoms with Gasteiger partial charge in [0.25, 0.3) is 0 Å². The summed E-state index contributed by atoms with van der Waals surface area (Å²) in [6, 6.07) is 0. The quantitative estimate of drug-likeness (QED) is 0.337. The molecule has 0 bridgehead atoms. The van der Waals surface area contributed by atoms with Gasteiger partial charge in [-0.3, -0.25) is 9.89 Å². The monoisotopic (exact) mass is 327 g/mol. The van der Waals surface area contributed by atoms with Crippen molar-refractivity contribution in [1.82, 2.24) is 20.4 Å². The van der Waals surface area contributed by atoms with Gasteiger partial charge in [0.2, 0.25) is 0 Å². The highest BCUT2D eigenvalue weighted by molar-refractivity contribution is 5.79. The molecule has 23 heavy (non-hydrogen) atoms. The minimum absolute atomic E-state index is 0.860. The number of morpholine rings is 1. The van der Waals surface area contributed by atoms with Gasteiger partial charge in [-0.1, -0.05) is 13.8 Å². The van der Waals surface area contributed by atoms with Gasteiger partial charge in [0.05, 0.1) is 13.2 Å². The lowest BCUT2D eigenvalue weighted by Crippen LogP contribution is -2.44. The van der Waals surface area contributed by atoms with Crippen molar-refractivity contribution in [2.24, 2.45) is 4.99 Å². The molecule has 1 aliphatic heterocycles. The van der Waals surface area contributed by atoms with Crippen LogP contribution in [0.3, 0.4) is 0 Å². The Hall–Kier alpha value is -0.850. The Balaban J connectivity index is 2.08. The molecule has 0 aromatic rings. The average Bonchev–Trinajstić information content (AvgIpc) is 2.58. The molecule has 2 N–H and O–H groups in total. The molecule has 0 aromatic carbocycles. The van der Waals surface area contributed by atoms with E-state index in [0.29, 0.717) is 0 Å². The van der Waals surface area contributed by atoms with Gasteiger partial charge in [-0.05, 0) is 38.9 Å². The number of nitrogens with one attached hydrogen (secondary N) is 2. The van der Waals surface area contributed by atoms with E-state index in [-0.39, 0.29) is 0 Å². The topological polar surface area (TPSA) is 52.1 Å². The van der Waals surface area contributed by atoms with E-state index in [1.807, 2.05) is 7.05 Å². The molecule has 0 unspecified atom stereocenters. The Labute approximate surface area is 142 Å². The summed E-state index contributed by atoms with van der Waals surface area (Å²) in [5.74, 6) is 0.913. The fraction of sp³-hybridized carbons (Fsp3) is 0.941. The molecule has 6 heteroatoms. The molecule has 6 nitrogen and oxygen atoms in total. The highest BCUT2D eigenvalue weighted by Crippen LogP contribution is 1.96. The van der Waals surface area contributed by atoms with Crippen LogP contribution in [0.4, 0.5) is 0 Å². The van der Waals surface area contributed by atoms with Crippen molar-refractivity contribution in [2.75, 3.05) is 72.6 Å². The lowest BCUT2D eigenvalue weighted by Gasteiger charge is -2.26. The van der Waals surface area contributed by atoms with Crippen molar-refractivity contribution in [3.8, 4) is 0 Å². The fourth-order valence-electron chi connectivity index (χ4n) is 2.86. The van der Waals surface area contributed by atoms with Gasteiger partial charge in [0, 0.05) is 39.8 Å². The number of hydrogen-bond donors (Lipinski definition) is 2. The van der Waals surface area contributed by atoms with Crippen molar-refractivity contribution in [2.45, 2.75) is 33.1 Å². The van der Waals surface area contributed by atoms with Gasteiger partial charge in [-0.25, -0.2) is 0 Å². The second-order valence-electron chi connectivity index (χ2n) is 6.07. The normalized spacial score (nSPS) is 16.8. The highest BCUT2D eigenvalue weighted by Gasteiger charge is 2.09. The molecule has 0 radical (unpaired) electrons. The van der Waals surface area contributed by atoms with Gasteiger partial charge in [-0.2, -0.15) is 0 Å². The standard InChI is InChI=1S/C17H37N5O/c1-4-9-21(10-5-2)11-6-7-19-17(18-3)20-8-12-22-13-15-23-16-14-22/h4-16H2,1-3H3,(H2,18,19,20). The maximum atomic E-state index is 5.37. The molecule has 0 aromatic heterocycles. The predicted octanol–water partition coefficient (Wildman–Crippen LogP) is 0.996. The summed E-state index contributed by atoms with van der Waals surface area (Å²) in [5.41, 5.74) is 0. The zero-order chi connectivity index (χ0) is 16.8. The molecular weight excluding hydrogens is 290 g/mol. The number of aliphatic imine (C=N–C) groups is 1. The van der Waals surface area contributed by atoms with E-state index >= 15 is 0 Å². The molecule has 1 rings (SSSR count). The Morgan fingerprint density at radius 2 is 1.70 bits per heavy atom. The second kappa shape index (κ2) is 13.6. The molecule has 1 heterocycles. The van der Waals surface area contributed by atoms with E-state index in [9.17, 15) is 0 Å². The Morgan fingerprint density at radius 1 is 1.04 bits per heavy atom. The first-order valence-corrected chi connectivity index (χ1v) is 9.27. The fourth-order valence-corrected chi connectivity index (χ4v) is 2.86. The van der Waals surface area contributed by atoms with Crippen LogP contribution in [0.25, 0.3) is 0 Å². The molecule has 0 amide bonds. The largest absolute Gasteiger partial charge is 0.379 e. The molecule has 1 fully saturated rings. The third-order valence-electron chi connectivity index (χ3n) is 4.07. The maximum absolute atomic E-state index is 5.37. The number of rotatable bonds is 11. The van der Waals surface area contributed by atoms with Gasteiger partial charge in [0.1, 0.15) is 0 Å². The number of hydrogen-bond acceptors (Lipinski definition) is 4. The first kappa shape index (κ1) is 20.2. The Morgan fingerprint density at radius 3 is 2.30 bits per heavy atom. The lowest BCUT2D eigenvalue weighted by molar-refractivity contribution is 0.0389. The summed E-state index contributed by atoms with van der Waals surface area (Å²) in [5, 5.41) is 6.81. The zero-order valence-electron chi connectivity index (χ0n) is 15.4. The third kappa shape index (κ3) is 9.79. The van der Waals surface area contributed by atoms with Crippen molar-refractivity contribution >= 4 is 5.96 Å². The van der Waals surface area contributed by atoms with Crippen LogP contribution >= 0.6 is 0 Å². The van der Waals surface area contributed by atoms with Crippen LogP contribution in [0.5, 0.6) is 0 Å². The molecule has 1 aliphatic rings. The molecule has 1 saturated heterocycles. The van der Waals surface area contributed by atoms with Gasteiger partial charge < -0.3 is 20.3 Å². The average molecular weight is 328 g/mol. The van der Waals surface area contributed by atoms with Crippen molar-refractivity contribution < 1.29 is 4.74 Å². The summed E-state index contributed by atoms with van der Waals surface area (Å²) < 4.78 is 5.37. The summed E-state index contributed by atoms with van der Waals surface area (Å²) in [6.45, 7) is 14.8. The second-order valence-corrected chi connectivity index (χ2v) is 6.07. The molecular formula is C17H37N5O. The number of guanidine groups is 1. The first-order chi connectivity index (χ1) is 11.3. The first-order valence-electron chi connectivity index (χ1n) is 9.27. The van der Waals surface area contributed by atoms with Gasteiger partial charge in [-0.15, -0.1) is 0 Å². The van der Waals surface area contributed by atoms with Gasteiger partial charge >= 0.3 is 0 Å². The number of ether oxygens (including phenoxy) is 1. The van der Waals surface area contributed by atoms with E-state index in [0.717, 1.165) is 58.3 Å². The van der Waals surface area contributed by atoms with Crippen molar-refractivity contribution in [3.63, 3.8) is 0 Å². The Kier molecular flexibility index (Phi) is 11.9. The van der Waals surface area contributed by atoms with Crippen molar-refractivity contribution in [3.05, 3.63) is 0 Å². The summed E-state index contributed by atoms with van der Waals surface area (Å²) in [7, 11) is 1.84. The minimum Gasteiger partial charge on any atom is -0.379 e. The van der Waals surface area contributed by atoms with Crippen LogP contribution in [-0.4, -0.2) is 88.4 Å².